The van der Waals surface area contributed by atoms with E-state index < -0.39 is 10.0 Å². The molecule has 0 bridgehead atoms. The van der Waals surface area contributed by atoms with Crippen LogP contribution in [0, 0.1) is 0 Å². The highest BCUT2D eigenvalue weighted by atomic mass is 32.2. The van der Waals surface area contributed by atoms with E-state index in [1.165, 1.54) is 10.6 Å². The number of thiol groups is 1. The SMILES string of the molecule is O=S1(=O)c2ccccc2N=CN1CCOCCS. The van der Waals surface area contributed by atoms with E-state index in [1.807, 2.05) is 0 Å². The van der Waals surface area contributed by atoms with Crippen LogP contribution in [0.4, 0.5) is 5.69 Å². The van der Waals surface area contributed by atoms with Gasteiger partial charge >= 0.3 is 0 Å². The number of benzene rings is 1. The van der Waals surface area contributed by atoms with Crippen molar-refractivity contribution in [3.05, 3.63) is 24.3 Å². The number of fused-ring (bicyclic) bond motifs is 1. The third kappa shape index (κ3) is 2.68. The molecule has 0 spiro atoms. The van der Waals surface area contributed by atoms with Crippen molar-refractivity contribution in [2.75, 3.05) is 25.5 Å². The lowest BCUT2D eigenvalue weighted by Crippen LogP contribution is -2.34. The molecule has 0 saturated heterocycles. The summed E-state index contributed by atoms with van der Waals surface area (Å²) < 4.78 is 30.9. The fourth-order valence-electron chi connectivity index (χ4n) is 1.60. The Hall–Kier alpha value is -1.05. The first-order valence-electron chi connectivity index (χ1n) is 5.50. The molecule has 0 radical (unpaired) electrons. The Morgan fingerprint density at radius 2 is 2.06 bits per heavy atom. The van der Waals surface area contributed by atoms with Crippen LogP contribution in [0.25, 0.3) is 0 Å². The van der Waals surface area contributed by atoms with Gasteiger partial charge in [0.2, 0.25) is 0 Å². The van der Waals surface area contributed by atoms with Crippen LogP contribution in [-0.4, -0.2) is 44.6 Å². The predicted molar refractivity (Wildman–Crippen MR) is 73.2 cm³/mol. The van der Waals surface area contributed by atoms with E-state index in [0.717, 1.165) is 0 Å². The van der Waals surface area contributed by atoms with Crippen molar-refractivity contribution in [3.8, 4) is 0 Å². The summed E-state index contributed by atoms with van der Waals surface area (Å²) in [4.78, 5) is 4.36. The van der Waals surface area contributed by atoms with E-state index in [4.69, 9.17) is 4.74 Å². The van der Waals surface area contributed by atoms with E-state index in [1.54, 1.807) is 24.3 Å². The number of sulfonamides is 1. The van der Waals surface area contributed by atoms with Gasteiger partial charge in [-0.15, -0.1) is 0 Å². The standard InChI is InChI=1S/C11H14N2O3S2/c14-18(15)11-4-2-1-3-10(11)12-9-13(18)5-6-16-7-8-17/h1-4,9,17H,5-8H2. The van der Waals surface area contributed by atoms with Crippen molar-refractivity contribution in [3.63, 3.8) is 0 Å². The van der Waals surface area contributed by atoms with Crippen LogP contribution in [-0.2, 0) is 14.8 Å². The number of rotatable bonds is 5. The Kier molecular flexibility index (Phi) is 4.26. The highest BCUT2D eigenvalue weighted by Crippen LogP contribution is 2.29. The highest BCUT2D eigenvalue weighted by Gasteiger charge is 2.27. The number of ether oxygens (including phenoxy) is 1. The van der Waals surface area contributed by atoms with Gasteiger partial charge in [0.25, 0.3) is 10.0 Å². The lowest BCUT2D eigenvalue weighted by atomic mass is 10.3. The Labute approximate surface area is 112 Å². The smallest absolute Gasteiger partial charge is 0.267 e. The van der Waals surface area contributed by atoms with Crippen LogP contribution in [0.3, 0.4) is 0 Å². The van der Waals surface area contributed by atoms with Gasteiger partial charge in [0, 0.05) is 5.75 Å². The molecule has 2 rings (SSSR count). The third-order valence-corrected chi connectivity index (χ3v) is 4.45. The minimum atomic E-state index is -3.49. The first-order chi connectivity index (χ1) is 8.66. The Morgan fingerprint density at radius 1 is 1.28 bits per heavy atom. The van der Waals surface area contributed by atoms with Crippen molar-refractivity contribution in [2.45, 2.75) is 4.90 Å². The van der Waals surface area contributed by atoms with Crippen LogP contribution in [0.15, 0.2) is 34.2 Å². The molecule has 1 aromatic carbocycles. The minimum Gasteiger partial charge on any atom is -0.379 e. The summed E-state index contributed by atoms with van der Waals surface area (Å²) in [6.45, 7) is 1.09. The zero-order chi connectivity index (χ0) is 13.0. The molecule has 0 unspecified atom stereocenters. The molecule has 7 heteroatoms. The first kappa shape index (κ1) is 13.4. The number of hydrogen-bond acceptors (Lipinski definition) is 5. The first-order valence-corrected chi connectivity index (χ1v) is 7.57. The van der Waals surface area contributed by atoms with Crippen LogP contribution < -0.4 is 0 Å². The van der Waals surface area contributed by atoms with Gasteiger partial charge in [-0.3, -0.25) is 4.31 Å². The topological polar surface area (TPSA) is 59.0 Å². The van der Waals surface area contributed by atoms with Gasteiger partial charge in [0.05, 0.1) is 25.4 Å². The zero-order valence-corrected chi connectivity index (χ0v) is 11.4. The molecule has 5 nitrogen and oxygen atoms in total. The second kappa shape index (κ2) is 5.73. The molecule has 0 fully saturated rings. The fourth-order valence-corrected chi connectivity index (χ4v) is 3.10. The van der Waals surface area contributed by atoms with Crippen molar-refractivity contribution in [1.29, 1.82) is 0 Å². The lowest BCUT2D eigenvalue weighted by molar-refractivity contribution is 0.146. The summed E-state index contributed by atoms with van der Waals surface area (Å²) in [6, 6.07) is 6.69. The molecule has 1 aromatic rings. The number of para-hydroxylation sites is 1. The predicted octanol–water partition coefficient (Wildman–Crippen LogP) is 1.30. The summed E-state index contributed by atoms with van der Waals surface area (Å²) in [6.07, 6.45) is 1.34. The van der Waals surface area contributed by atoms with Crippen molar-refractivity contribution in [1.82, 2.24) is 4.31 Å². The average molecular weight is 286 g/mol. The summed E-state index contributed by atoms with van der Waals surface area (Å²) in [5.41, 5.74) is 0.477. The summed E-state index contributed by atoms with van der Waals surface area (Å²) in [5.74, 6) is 0.615. The average Bonchev–Trinajstić information content (AvgIpc) is 2.37. The van der Waals surface area contributed by atoms with E-state index >= 15 is 0 Å². The van der Waals surface area contributed by atoms with Crippen molar-refractivity contribution in [2.24, 2.45) is 4.99 Å². The molecular formula is C11H14N2O3S2. The van der Waals surface area contributed by atoms with Gasteiger partial charge < -0.3 is 4.74 Å². The van der Waals surface area contributed by atoms with Crippen LogP contribution in [0.2, 0.25) is 0 Å². The van der Waals surface area contributed by atoms with Crippen LogP contribution in [0.5, 0.6) is 0 Å². The molecule has 1 aliphatic heterocycles. The molecule has 1 aliphatic rings. The maximum atomic E-state index is 12.2. The normalized spacial score (nSPS) is 16.6. The van der Waals surface area contributed by atoms with E-state index in [0.29, 0.717) is 24.7 Å². The Balaban J connectivity index is 2.13. The molecule has 0 atom stereocenters. The maximum absolute atomic E-state index is 12.2. The van der Waals surface area contributed by atoms with Gasteiger partial charge in [-0.25, -0.2) is 13.4 Å². The van der Waals surface area contributed by atoms with Gasteiger partial charge in [-0.05, 0) is 12.1 Å². The number of hydrogen-bond donors (Lipinski definition) is 1. The Morgan fingerprint density at radius 3 is 2.83 bits per heavy atom. The quantitative estimate of drug-likeness (QED) is 0.655. The zero-order valence-electron chi connectivity index (χ0n) is 9.69. The van der Waals surface area contributed by atoms with E-state index in [2.05, 4.69) is 17.6 Å². The van der Waals surface area contributed by atoms with Gasteiger partial charge in [-0.1, -0.05) is 12.1 Å². The second-order valence-corrected chi connectivity index (χ2v) is 5.97. The van der Waals surface area contributed by atoms with Crippen molar-refractivity contribution < 1.29 is 13.2 Å². The maximum Gasteiger partial charge on any atom is 0.267 e. The summed E-state index contributed by atoms with van der Waals surface area (Å²) >= 11 is 4.01. The minimum absolute atomic E-state index is 0.238. The van der Waals surface area contributed by atoms with Gasteiger partial charge in [0.15, 0.2) is 0 Å². The largest absolute Gasteiger partial charge is 0.379 e. The van der Waals surface area contributed by atoms with Gasteiger partial charge in [-0.2, -0.15) is 12.6 Å². The fraction of sp³-hybridized carbons (Fsp3) is 0.364. The van der Waals surface area contributed by atoms with Gasteiger partial charge in [0.1, 0.15) is 11.2 Å². The monoisotopic (exact) mass is 286 g/mol. The summed E-state index contributed by atoms with van der Waals surface area (Å²) in [5, 5.41) is 0. The number of nitrogens with zero attached hydrogens (tertiary/aromatic N) is 2. The van der Waals surface area contributed by atoms with Crippen LogP contribution in [0.1, 0.15) is 0 Å². The lowest BCUT2D eigenvalue weighted by Gasteiger charge is -2.23. The third-order valence-electron chi connectivity index (χ3n) is 2.47. The molecule has 18 heavy (non-hydrogen) atoms. The molecule has 0 saturated carbocycles. The van der Waals surface area contributed by atoms with E-state index in [9.17, 15) is 8.42 Å². The molecule has 0 aliphatic carbocycles. The summed E-state index contributed by atoms with van der Waals surface area (Å²) in [7, 11) is -3.49. The molecule has 1 heterocycles. The molecule has 0 N–H and O–H groups in total. The van der Waals surface area contributed by atoms with Crippen molar-refractivity contribution >= 4 is 34.7 Å². The molecule has 98 valence electrons. The molecular weight excluding hydrogens is 272 g/mol. The highest BCUT2D eigenvalue weighted by molar-refractivity contribution is 7.89. The van der Waals surface area contributed by atoms with Crippen LogP contribution >= 0.6 is 12.6 Å². The second-order valence-electron chi connectivity index (χ2n) is 3.66. The molecule has 0 aromatic heterocycles. The number of aliphatic imine (C=N–C) groups is 1. The Bertz CT molecular complexity index is 543. The van der Waals surface area contributed by atoms with E-state index in [-0.39, 0.29) is 11.4 Å². The molecule has 0 amide bonds.